The molecule has 3 rings (SSSR count). The van der Waals surface area contributed by atoms with E-state index in [9.17, 15) is 0 Å². The van der Waals surface area contributed by atoms with E-state index in [2.05, 4.69) is 51.0 Å². The standard InChI is InChI=1S/C14H19BrN2O/c1-16-8-13-6-12(16)9-17(13)7-10-3-4-11(15)5-14(10)18-2/h3-5,12-13H,6-9H2,1-2H3/t12-,13?/m0/s1. The van der Waals surface area contributed by atoms with Crippen LogP contribution in [0.15, 0.2) is 22.7 Å². The Labute approximate surface area is 117 Å². The second-order valence-electron chi connectivity index (χ2n) is 5.37. The smallest absolute Gasteiger partial charge is 0.124 e. The summed E-state index contributed by atoms with van der Waals surface area (Å²) in [6.07, 6.45) is 1.33. The first-order chi connectivity index (χ1) is 8.67. The normalized spacial score (nSPS) is 27.9. The van der Waals surface area contributed by atoms with E-state index in [4.69, 9.17) is 4.74 Å². The lowest BCUT2D eigenvalue weighted by Crippen LogP contribution is -2.43. The van der Waals surface area contributed by atoms with Crippen LogP contribution in [0.3, 0.4) is 0 Å². The summed E-state index contributed by atoms with van der Waals surface area (Å²) in [5.74, 6) is 0.987. The SMILES string of the molecule is COc1cc(Br)ccc1CN1C[C@@H]2CC1CN2C. The van der Waals surface area contributed by atoms with Crippen LogP contribution in [-0.2, 0) is 6.54 Å². The minimum absolute atomic E-state index is 0.730. The van der Waals surface area contributed by atoms with Gasteiger partial charge in [0.05, 0.1) is 7.11 Å². The molecule has 2 fully saturated rings. The van der Waals surface area contributed by atoms with E-state index in [0.717, 1.165) is 28.9 Å². The van der Waals surface area contributed by atoms with E-state index < -0.39 is 0 Å². The molecule has 2 bridgehead atoms. The molecule has 0 amide bonds. The monoisotopic (exact) mass is 310 g/mol. The predicted octanol–water partition coefficient (Wildman–Crippen LogP) is 2.35. The first kappa shape index (κ1) is 12.5. The van der Waals surface area contributed by atoms with Crippen molar-refractivity contribution >= 4 is 15.9 Å². The summed E-state index contributed by atoms with van der Waals surface area (Å²) in [5.41, 5.74) is 1.29. The number of rotatable bonds is 3. The van der Waals surface area contributed by atoms with E-state index in [-0.39, 0.29) is 0 Å². The van der Waals surface area contributed by atoms with E-state index in [1.807, 2.05) is 0 Å². The van der Waals surface area contributed by atoms with E-state index >= 15 is 0 Å². The molecule has 2 atom stereocenters. The second kappa shape index (κ2) is 4.83. The Morgan fingerprint density at radius 2 is 2.17 bits per heavy atom. The van der Waals surface area contributed by atoms with Crippen molar-refractivity contribution in [3.8, 4) is 5.75 Å². The molecule has 2 heterocycles. The molecule has 0 spiro atoms. The molecular weight excluding hydrogens is 292 g/mol. The quantitative estimate of drug-likeness (QED) is 0.852. The molecule has 18 heavy (non-hydrogen) atoms. The van der Waals surface area contributed by atoms with Gasteiger partial charge in [0.15, 0.2) is 0 Å². The molecular formula is C14H19BrN2O. The molecule has 4 heteroatoms. The molecule has 1 aromatic carbocycles. The van der Waals surface area contributed by atoms with Gasteiger partial charge in [0, 0.05) is 41.8 Å². The van der Waals surface area contributed by atoms with Crippen molar-refractivity contribution < 1.29 is 4.74 Å². The topological polar surface area (TPSA) is 15.7 Å². The third kappa shape index (κ3) is 2.17. The van der Waals surface area contributed by atoms with Crippen molar-refractivity contribution in [2.24, 2.45) is 0 Å². The lowest BCUT2D eigenvalue weighted by atomic mass is 10.1. The Morgan fingerprint density at radius 3 is 2.78 bits per heavy atom. The van der Waals surface area contributed by atoms with Gasteiger partial charge in [-0.2, -0.15) is 0 Å². The van der Waals surface area contributed by atoms with Crippen LogP contribution >= 0.6 is 15.9 Å². The number of piperazine rings is 1. The number of benzene rings is 1. The number of nitrogens with zero attached hydrogens (tertiary/aromatic N) is 2. The largest absolute Gasteiger partial charge is 0.496 e. The second-order valence-corrected chi connectivity index (χ2v) is 6.28. The van der Waals surface area contributed by atoms with Gasteiger partial charge in [0.25, 0.3) is 0 Å². The molecule has 98 valence electrons. The van der Waals surface area contributed by atoms with Crippen molar-refractivity contribution in [3.05, 3.63) is 28.2 Å². The lowest BCUT2D eigenvalue weighted by Gasteiger charge is -2.32. The Bertz CT molecular complexity index is 449. The fourth-order valence-corrected chi connectivity index (χ4v) is 3.55. The number of likely N-dealkylation sites (N-methyl/N-ethyl adjacent to an activating group) is 1. The molecule has 0 N–H and O–H groups in total. The Balaban J connectivity index is 1.74. The summed E-state index contributed by atoms with van der Waals surface area (Å²) in [7, 11) is 3.98. The van der Waals surface area contributed by atoms with Crippen LogP contribution in [0.2, 0.25) is 0 Å². The average Bonchev–Trinajstić information content (AvgIpc) is 2.90. The van der Waals surface area contributed by atoms with Crippen molar-refractivity contribution in [1.29, 1.82) is 0 Å². The van der Waals surface area contributed by atoms with Gasteiger partial charge < -0.3 is 9.64 Å². The van der Waals surface area contributed by atoms with E-state index in [0.29, 0.717) is 0 Å². The number of fused-ring (bicyclic) bond motifs is 2. The summed E-state index contributed by atoms with van der Waals surface area (Å²) in [6, 6.07) is 7.80. The van der Waals surface area contributed by atoms with Gasteiger partial charge in [-0.05, 0) is 25.6 Å². The molecule has 3 nitrogen and oxygen atoms in total. The highest BCUT2D eigenvalue weighted by Crippen LogP contribution is 2.32. The van der Waals surface area contributed by atoms with Crippen molar-refractivity contribution in [2.75, 3.05) is 27.2 Å². The van der Waals surface area contributed by atoms with Gasteiger partial charge >= 0.3 is 0 Å². The summed E-state index contributed by atoms with van der Waals surface area (Å²) < 4.78 is 6.55. The predicted molar refractivity (Wildman–Crippen MR) is 75.9 cm³/mol. The van der Waals surface area contributed by atoms with Crippen LogP contribution < -0.4 is 4.74 Å². The Kier molecular flexibility index (Phi) is 3.34. The highest BCUT2D eigenvalue weighted by molar-refractivity contribution is 9.10. The van der Waals surface area contributed by atoms with Crippen molar-refractivity contribution in [1.82, 2.24) is 9.80 Å². The van der Waals surface area contributed by atoms with Gasteiger partial charge in [-0.1, -0.05) is 22.0 Å². The van der Waals surface area contributed by atoms with Crippen LogP contribution in [-0.4, -0.2) is 49.1 Å². The molecule has 0 radical (unpaired) electrons. The summed E-state index contributed by atoms with van der Waals surface area (Å²) in [6.45, 7) is 3.41. The molecule has 2 aliphatic rings. The Morgan fingerprint density at radius 1 is 1.33 bits per heavy atom. The number of ether oxygens (including phenoxy) is 1. The fraction of sp³-hybridized carbons (Fsp3) is 0.571. The molecule has 1 aromatic rings. The van der Waals surface area contributed by atoms with Crippen LogP contribution in [0, 0.1) is 0 Å². The maximum atomic E-state index is 5.47. The third-order valence-electron chi connectivity index (χ3n) is 4.25. The summed E-state index contributed by atoms with van der Waals surface area (Å²) in [5, 5.41) is 0. The number of methoxy groups -OCH3 is 1. The number of likely N-dealkylation sites (tertiary alicyclic amines) is 2. The third-order valence-corrected chi connectivity index (χ3v) is 4.74. The van der Waals surface area contributed by atoms with Gasteiger partial charge in [-0.25, -0.2) is 0 Å². The van der Waals surface area contributed by atoms with Gasteiger partial charge in [-0.15, -0.1) is 0 Å². The minimum atomic E-state index is 0.730. The molecule has 0 aromatic heterocycles. The zero-order valence-electron chi connectivity index (χ0n) is 10.9. The molecule has 2 saturated heterocycles. The fourth-order valence-electron chi connectivity index (χ4n) is 3.21. The summed E-state index contributed by atoms with van der Waals surface area (Å²) in [4.78, 5) is 5.08. The zero-order chi connectivity index (χ0) is 12.7. The molecule has 0 aliphatic carbocycles. The number of halogens is 1. The highest BCUT2D eigenvalue weighted by atomic mass is 79.9. The van der Waals surface area contributed by atoms with Gasteiger partial charge in [0.2, 0.25) is 0 Å². The van der Waals surface area contributed by atoms with Gasteiger partial charge in [-0.3, -0.25) is 4.90 Å². The van der Waals surface area contributed by atoms with Crippen LogP contribution in [0.4, 0.5) is 0 Å². The number of hydrogen-bond acceptors (Lipinski definition) is 3. The molecule has 1 unspecified atom stereocenters. The van der Waals surface area contributed by atoms with E-state index in [1.54, 1.807) is 7.11 Å². The van der Waals surface area contributed by atoms with Gasteiger partial charge in [0.1, 0.15) is 5.75 Å². The minimum Gasteiger partial charge on any atom is -0.496 e. The van der Waals surface area contributed by atoms with Crippen molar-refractivity contribution in [3.63, 3.8) is 0 Å². The van der Waals surface area contributed by atoms with Crippen LogP contribution in [0.1, 0.15) is 12.0 Å². The lowest BCUT2D eigenvalue weighted by molar-refractivity contribution is 0.142. The molecule has 2 aliphatic heterocycles. The average molecular weight is 311 g/mol. The number of hydrogen-bond donors (Lipinski definition) is 0. The zero-order valence-corrected chi connectivity index (χ0v) is 12.5. The first-order valence-electron chi connectivity index (χ1n) is 6.44. The molecule has 0 saturated carbocycles. The van der Waals surface area contributed by atoms with Crippen molar-refractivity contribution in [2.45, 2.75) is 25.0 Å². The van der Waals surface area contributed by atoms with Crippen LogP contribution in [0.25, 0.3) is 0 Å². The van der Waals surface area contributed by atoms with E-state index in [1.165, 1.54) is 25.1 Å². The summed E-state index contributed by atoms with van der Waals surface area (Å²) >= 11 is 3.49. The van der Waals surface area contributed by atoms with Crippen LogP contribution in [0.5, 0.6) is 5.75 Å². The maximum absolute atomic E-state index is 5.47. The maximum Gasteiger partial charge on any atom is 0.124 e. The highest BCUT2D eigenvalue weighted by Gasteiger charge is 2.41. The first-order valence-corrected chi connectivity index (χ1v) is 7.23. The Hall–Kier alpha value is -0.580.